The van der Waals surface area contributed by atoms with E-state index in [2.05, 4.69) is 25.7 Å². The average molecular weight is 198 g/mol. The van der Waals surface area contributed by atoms with Gasteiger partial charge in [0.1, 0.15) is 0 Å². The van der Waals surface area contributed by atoms with E-state index in [9.17, 15) is 0 Å². The molecule has 0 saturated heterocycles. The fourth-order valence-corrected chi connectivity index (χ4v) is 2.51. The second-order valence-electron chi connectivity index (χ2n) is 4.63. The van der Waals surface area contributed by atoms with Gasteiger partial charge in [-0.1, -0.05) is 27.2 Å². The zero-order valence-electron chi connectivity index (χ0n) is 10.00. The first-order valence-electron chi connectivity index (χ1n) is 6.20. The molecule has 0 radical (unpaired) electrons. The van der Waals surface area contributed by atoms with Crippen molar-refractivity contribution in [1.29, 1.82) is 0 Å². The molecule has 1 rings (SSSR count). The van der Waals surface area contributed by atoms with Crippen molar-refractivity contribution in [3.05, 3.63) is 0 Å². The molecule has 1 saturated carbocycles. The van der Waals surface area contributed by atoms with Crippen LogP contribution in [0.3, 0.4) is 0 Å². The molecular formula is C12H26N2. The third-order valence-corrected chi connectivity index (χ3v) is 3.45. The molecule has 0 spiro atoms. The van der Waals surface area contributed by atoms with Crippen LogP contribution in [0.5, 0.6) is 0 Å². The fourth-order valence-electron chi connectivity index (χ4n) is 2.51. The van der Waals surface area contributed by atoms with Gasteiger partial charge in [-0.3, -0.25) is 4.90 Å². The lowest BCUT2D eigenvalue weighted by atomic mass is 9.95. The quantitative estimate of drug-likeness (QED) is 0.680. The minimum absolute atomic E-state index is 0.618. The number of hydrogen-bond donors (Lipinski definition) is 1. The van der Waals surface area contributed by atoms with Gasteiger partial charge in [0.05, 0.1) is 0 Å². The summed E-state index contributed by atoms with van der Waals surface area (Å²) in [5.41, 5.74) is 5.90. The van der Waals surface area contributed by atoms with Gasteiger partial charge < -0.3 is 5.73 Å². The second kappa shape index (κ2) is 5.72. The molecule has 2 unspecified atom stereocenters. The summed E-state index contributed by atoms with van der Waals surface area (Å²) in [6, 6.07) is 1.47. The van der Waals surface area contributed by atoms with Crippen LogP contribution in [0.1, 0.15) is 46.5 Å². The molecular weight excluding hydrogens is 172 g/mol. The van der Waals surface area contributed by atoms with Crippen LogP contribution in [0.2, 0.25) is 0 Å². The van der Waals surface area contributed by atoms with Crippen LogP contribution >= 0.6 is 0 Å². The van der Waals surface area contributed by atoms with Crippen molar-refractivity contribution < 1.29 is 0 Å². The third-order valence-electron chi connectivity index (χ3n) is 3.45. The predicted molar refractivity (Wildman–Crippen MR) is 62.3 cm³/mol. The van der Waals surface area contributed by atoms with Gasteiger partial charge in [-0.2, -0.15) is 0 Å². The SMILES string of the molecule is CCCC(C)C(CN)N(CC)C1CC1. The average Bonchev–Trinajstić information content (AvgIpc) is 2.97. The maximum Gasteiger partial charge on any atom is 0.0246 e. The van der Waals surface area contributed by atoms with Crippen LogP contribution in [0.4, 0.5) is 0 Å². The summed E-state index contributed by atoms with van der Waals surface area (Å²) in [7, 11) is 0. The lowest BCUT2D eigenvalue weighted by molar-refractivity contribution is 0.146. The molecule has 1 aliphatic carbocycles. The van der Waals surface area contributed by atoms with Crippen LogP contribution in [0, 0.1) is 5.92 Å². The van der Waals surface area contributed by atoms with Gasteiger partial charge in [0.2, 0.25) is 0 Å². The van der Waals surface area contributed by atoms with Gasteiger partial charge >= 0.3 is 0 Å². The van der Waals surface area contributed by atoms with E-state index in [0.717, 1.165) is 18.5 Å². The highest BCUT2D eigenvalue weighted by Crippen LogP contribution is 2.30. The highest BCUT2D eigenvalue weighted by molar-refractivity contribution is 4.90. The second-order valence-corrected chi connectivity index (χ2v) is 4.63. The van der Waals surface area contributed by atoms with E-state index in [1.807, 2.05) is 0 Å². The molecule has 1 aliphatic rings. The van der Waals surface area contributed by atoms with Crippen LogP contribution < -0.4 is 5.73 Å². The molecule has 1 fully saturated rings. The highest BCUT2D eigenvalue weighted by atomic mass is 15.2. The highest BCUT2D eigenvalue weighted by Gasteiger charge is 2.34. The van der Waals surface area contributed by atoms with Gasteiger partial charge in [0, 0.05) is 18.6 Å². The Balaban J connectivity index is 2.48. The molecule has 0 aromatic carbocycles. The third kappa shape index (κ3) is 2.96. The smallest absolute Gasteiger partial charge is 0.0246 e. The van der Waals surface area contributed by atoms with Crippen molar-refractivity contribution >= 4 is 0 Å². The van der Waals surface area contributed by atoms with E-state index in [1.54, 1.807) is 0 Å². The molecule has 2 atom stereocenters. The summed E-state index contributed by atoms with van der Waals surface area (Å²) in [5, 5.41) is 0. The Hall–Kier alpha value is -0.0800. The molecule has 0 aromatic heterocycles. The summed E-state index contributed by atoms with van der Waals surface area (Å²) >= 11 is 0. The van der Waals surface area contributed by atoms with E-state index in [4.69, 9.17) is 5.73 Å². The van der Waals surface area contributed by atoms with E-state index < -0.39 is 0 Å². The van der Waals surface area contributed by atoms with Crippen LogP contribution in [-0.4, -0.2) is 30.1 Å². The lowest BCUT2D eigenvalue weighted by Gasteiger charge is -2.34. The normalized spacial score (nSPS) is 21.2. The molecule has 2 heteroatoms. The number of nitrogens with zero attached hydrogens (tertiary/aromatic N) is 1. The molecule has 0 aliphatic heterocycles. The molecule has 2 N–H and O–H groups in total. The van der Waals surface area contributed by atoms with Crippen molar-refractivity contribution in [3.63, 3.8) is 0 Å². The fraction of sp³-hybridized carbons (Fsp3) is 1.00. The summed E-state index contributed by atoms with van der Waals surface area (Å²) in [6.45, 7) is 8.87. The molecule has 2 nitrogen and oxygen atoms in total. The largest absolute Gasteiger partial charge is 0.329 e. The number of nitrogens with two attached hydrogens (primary N) is 1. The molecule has 0 bridgehead atoms. The van der Waals surface area contributed by atoms with E-state index in [0.29, 0.717) is 6.04 Å². The van der Waals surface area contributed by atoms with Crippen LogP contribution in [0.25, 0.3) is 0 Å². The van der Waals surface area contributed by atoms with Gasteiger partial charge in [-0.15, -0.1) is 0 Å². The van der Waals surface area contributed by atoms with Gasteiger partial charge in [-0.05, 0) is 31.7 Å². The molecule has 0 amide bonds. The van der Waals surface area contributed by atoms with Crippen molar-refractivity contribution in [2.24, 2.45) is 11.7 Å². The van der Waals surface area contributed by atoms with E-state index in [-0.39, 0.29) is 0 Å². The number of hydrogen-bond acceptors (Lipinski definition) is 2. The van der Waals surface area contributed by atoms with Gasteiger partial charge in [-0.25, -0.2) is 0 Å². The number of rotatable bonds is 7. The van der Waals surface area contributed by atoms with Crippen molar-refractivity contribution in [3.8, 4) is 0 Å². The maximum atomic E-state index is 5.90. The Kier molecular flexibility index (Phi) is 4.90. The summed E-state index contributed by atoms with van der Waals surface area (Å²) < 4.78 is 0. The topological polar surface area (TPSA) is 29.3 Å². The Morgan fingerprint density at radius 2 is 2.00 bits per heavy atom. The van der Waals surface area contributed by atoms with Gasteiger partial charge in [0.25, 0.3) is 0 Å². The van der Waals surface area contributed by atoms with E-state index in [1.165, 1.54) is 32.2 Å². The zero-order chi connectivity index (χ0) is 10.6. The van der Waals surface area contributed by atoms with Crippen molar-refractivity contribution in [2.75, 3.05) is 13.1 Å². The first kappa shape index (κ1) is 12.0. The Labute approximate surface area is 88.8 Å². The molecule has 14 heavy (non-hydrogen) atoms. The van der Waals surface area contributed by atoms with Crippen molar-refractivity contribution in [2.45, 2.75) is 58.5 Å². The molecule has 0 heterocycles. The summed E-state index contributed by atoms with van der Waals surface area (Å²) in [4.78, 5) is 2.63. The number of likely N-dealkylation sites (N-methyl/N-ethyl adjacent to an activating group) is 1. The van der Waals surface area contributed by atoms with Gasteiger partial charge in [0.15, 0.2) is 0 Å². The first-order valence-corrected chi connectivity index (χ1v) is 6.20. The molecule has 84 valence electrons. The Bertz CT molecular complexity index is 154. The minimum Gasteiger partial charge on any atom is -0.329 e. The zero-order valence-corrected chi connectivity index (χ0v) is 10.00. The Morgan fingerprint density at radius 1 is 1.36 bits per heavy atom. The predicted octanol–water partition coefficient (Wildman–Crippen LogP) is 2.23. The first-order chi connectivity index (χ1) is 6.74. The Morgan fingerprint density at radius 3 is 2.36 bits per heavy atom. The molecule has 0 aromatic rings. The standard InChI is InChI=1S/C12H26N2/c1-4-6-10(3)12(9-13)14(5-2)11-7-8-11/h10-12H,4-9,13H2,1-3H3. The van der Waals surface area contributed by atoms with Crippen LogP contribution in [0.15, 0.2) is 0 Å². The summed E-state index contributed by atoms with van der Waals surface area (Å²) in [6.07, 6.45) is 5.37. The monoisotopic (exact) mass is 198 g/mol. The minimum atomic E-state index is 0.618. The van der Waals surface area contributed by atoms with E-state index >= 15 is 0 Å². The van der Waals surface area contributed by atoms with Crippen molar-refractivity contribution in [1.82, 2.24) is 4.90 Å². The summed E-state index contributed by atoms with van der Waals surface area (Å²) in [5.74, 6) is 0.755. The lowest BCUT2D eigenvalue weighted by Crippen LogP contribution is -2.46. The van der Waals surface area contributed by atoms with Crippen LogP contribution in [-0.2, 0) is 0 Å². The maximum absolute atomic E-state index is 5.90.